The highest BCUT2D eigenvalue weighted by Crippen LogP contribution is 2.40. The van der Waals surface area contributed by atoms with Crippen molar-refractivity contribution in [3.05, 3.63) is 46.9 Å². The zero-order chi connectivity index (χ0) is 17.5. The lowest BCUT2D eigenvalue weighted by Gasteiger charge is -2.19. The maximum absolute atomic E-state index is 10.6. The van der Waals surface area contributed by atoms with E-state index in [-0.39, 0.29) is 12.0 Å². The van der Waals surface area contributed by atoms with Crippen molar-refractivity contribution in [1.82, 2.24) is 15.0 Å². The fourth-order valence-corrected chi connectivity index (χ4v) is 5.55. The number of nitrogens with zero attached hydrogens (tertiary/aromatic N) is 4. The van der Waals surface area contributed by atoms with E-state index in [1.54, 1.807) is 6.33 Å². The Bertz CT molecular complexity index is 926. The third kappa shape index (κ3) is 2.77. The molecule has 0 saturated carbocycles. The van der Waals surface area contributed by atoms with Crippen molar-refractivity contribution in [3.63, 3.8) is 0 Å². The first-order chi connectivity index (χ1) is 12.8. The Labute approximate surface area is 156 Å². The topological polar surface area (TPSA) is 62.1 Å². The zero-order valence-electron chi connectivity index (χ0n) is 14.6. The third-order valence-electron chi connectivity index (χ3n) is 5.63. The zero-order valence-corrected chi connectivity index (χ0v) is 15.5. The quantitative estimate of drug-likeness (QED) is 0.772. The molecule has 5 rings (SSSR count). The number of aliphatic hydroxyl groups is 1. The molecule has 1 fully saturated rings. The average molecular weight is 366 g/mol. The van der Waals surface area contributed by atoms with Crippen LogP contribution in [0.3, 0.4) is 0 Å². The van der Waals surface area contributed by atoms with Crippen LogP contribution in [0.4, 0.5) is 5.82 Å². The summed E-state index contributed by atoms with van der Waals surface area (Å²) in [6.07, 6.45) is 8.77. The molecule has 4 heterocycles. The van der Waals surface area contributed by atoms with Gasteiger partial charge in [-0.3, -0.25) is 4.98 Å². The van der Waals surface area contributed by atoms with Gasteiger partial charge in [0.1, 0.15) is 17.0 Å². The standard InChI is InChI=1S/C20H22N4OS/c25-16-11-24(10-13(16)9-14-5-3-4-8-21-14)19-18-15-6-1-2-7-17(15)26-20(18)23-12-22-19/h3-5,8,12-13,16,25H,1-2,6-7,9-11H2/t13-,16-/m1/s1. The minimum absolute atomic E-state index is 0.185. The molecule has 2 atom stereocenters. The van der Waals surface area contributed by atoms with E-state index in [4.69, 9.17) is 0 Å². The Morgan fingerprint density at radius 3 is 2.92 bits per heavy atom. The summed E-state index contributed by atoms with van der Waals surface area (Å²) in [6, 6.07) is 5.97. The van der Waals surface area contributed by atoms with E-state index in [0.717, 1.165) is 35.7 Å². The molecule has 2 aliphatic rings. The first-order valence-corrected chi connectivity index (χ1v) is 10.2. The molecule has 0 amide bonds. The van der Waals surface area contributed by atoms with Crippen LogP contribution in [0.15, 0.2) is 30.7 Å². The van der Waals surface area contributed by atoms with Gasteiger partial charge in [0.25, 0.3) is 0 Å². The summed E-state index contributed by atoms with van der Waals surface area (Å²) < 4.78 is 0. The number of thiophene rings is 1. The summed E-state index contributed by atoms with van der Waals surface area (Å²) in [7, 11) is 0. The van der Waals surface area contributed by atoms with Crippen LogP contribution >= 0.6 is 11.3 Å². The van der Waals surface area contributed by atoms with Crippen molar-refractivity contribution in [1.29, 1.82) is 0 Å². The molecular formula is C20H22N4OS. The van der Waals surface area contributed by atoms with E-state index >= 15 is 0 Å². The summed E-state index contributed by atoms with van der Waals surface area (Å²) in [5.74, 6) is 1.20. The van der Waals surface area contributed by atoms with Gasteiger partial charge in [0.05, 0.1) is 11.5 Å². The van der Waals surface area contributed by atoms with Crippen LogP contribution in [0.1, 0.15) is 29.0 Å². The van der Waals surface area contributed by atoms with Crippen molar-refractivity contribution in [3.8, 4) is 0 Å². The molecule has 0 aromatic carbocycles. The maximum atomic E-state index is 10.6. The van der Waals surface area contributed by atoms with E-state index in [2.05, 4.69) is 19.9 Å². The highest BCUT2D eigenvalue weighted by atomic mass is 32.1. The molecule has 0 spiro atoms. The second kappa shape index (κ2) is 6.59. The van der Waals surface area contributed by atoms with Crippen LogP contribution in [0.2, 0.25) is 0 Å². The van der Waals surface area contributed by atoms with Gasteiger partial charge < -0.3 is 10.0 Å². The van der Waals surface area contributed by atoms with E-state index < -0.39 is 0 Å². The Hall–Kier alpha value is -2.05. The number of hydrogen-bond acceptors (Lipinski definition) is 6. The second-order valence-electron chi connectivity index (χ2n) is 7.35. The summed E-state index contributed by atoms with van der Waals surface area (Å²) in [5, 5.41) is 11.9. The first-order valence-electron chi connectivity index (χ1n) is 9.38. The largest absolute Gasteiger partial charge is 0.391 e. The number of rotatable bonds is 3. The Morgan fingerprint density at radius 2 is 2.04 bits per heavy atom. The van der Waals surface area contributed by atoms with Gasteiger partial charge in [-0.1, -0.05) is 6.07 Å². The Balaban J connectivity index is 1.46. The van der Waals surface area contributed by atoms with Crippen LogP contribution in [0, 0.1) is 5.92 Å². The monoisotopic (exact) mass is 366 g/mol. The smallest absolute Gasteiger partial charge is 0.141 e. The van der Waals surface area contributed by atoms with Crippen molar-refractivity contribution < 1.29 is 5.11 Å². The normalized spacial score (nSPS) is 22.7. The summed E-state index contributed by atoms with van der Waals surface area (Å²) >= 11 is 1.83. The van der Waals surface area contributed by atoms with Gasteiger partial charge in [-0.2, -0.15) is 0 Å². The Morgan fingerprint density at radius 1 is 1.12 bits per heavy atom. The fraction of sp³-hybridized carbons (Fsp3) is 0.450. The van der Waals surface area contributed by atoms with Crippen LogP contribution in [-0.4, -0.2) is 39.3 Å². The van der Waals surface area contributed by atoms with Gasteiger partial charge in [-0.05, 0) is 49.8 Å². The predicted octanol–water partition coefficient (Wildman–Crippen LogP) is 3.00. The molecule has 1 N–H and O–H groups in total. The number of pyridine rings is 1. The molecule has 6 heteroatoms. The number of fused-ring (bicyclic) bond motifs is 3. The molecule has 0 radical (unpaired) electrons. The fourth-order valence-electron chi connectivity index (χ4n) is 4.33. The van der Waals surface area contributed by atoms with Crippen LogP contribution in [0.5, 0.6) is 0 Å². The van der Waals surface area contributed by atoms with Gasteiger partial charge in [-0.25, -0.2) is 9.97 Å². The minimum Gasteiger partial charge on any atom is -0.391 e. The Kier molecular flexibility index (Phi) is 4.10. The summed E-state index contributed by atoms with van der Waals surface area (Å²) in [5.41, 5.74) is 2.49. The van der Waals surface area contributed by atoms with Gasteiger partial charge in [0.2, 0.25) is 0 Å². The van der Waals surface area contributed by atoms with E-state index in [1.807, 2.05) is 35.7 Å². The van der Waals surface area contributed by atoms with E-state index in [1.165, 1.54) is 35.1 Å². The van der Waals surface area contributed by atoms with Crippen molar-refractivity contribution in [2.45, 2.75) is 38.2 Å². The number of hydrogen-bond donors (Lipinski definition) is 1. The summed E-state index contributed by atoms with van der Waals surface area (Å²) in [6.45, 7) is 1.45. The predicted molar refractivity (Wildman–Crippen MR) is 104 cm³/mol. The molecule has 1 aliphatic carbocycles. The number of aromatic nitrogens is 3. The van der Waals surface area contributed by atoms with Crippen molar-refractivity contribution >= 4 is 27.4 Å². The van der Waals surface area contributed by atoms with Crippen LogP contribution in [0.25, 0.3) is 10.2 Å². The molecule has 134 valence electrons. The van der Waals surface area contributed by atoms with Crippen molar-refractivity contribution in [2.75, 3.05) is 18.0 Å². The number of aliphatic hydroxyl groups excluding tert-OH is 1. The van der Waals surface area contributed by atoms with E-state index in [9.17, 15) is 5.11 Å². The molecule has 5 nitrogen and oxygen atoms in total. The lowest BCUT2D eigenvalue weighted by molar-refractivity contribution is 0.148. The van der Waals surface area contributed by atoms with E-state index in [0.29, 0.717) is 6.54 Å². The van der Waals surface area contributed by atoms with Crippen molar-refractivity contribution in [2.24, 2.45) is 5.92 Å². The molecule has 0 bridgehead atoms. The second-order valence-corrected chi connectivity index (χ2v) is 8.43. The molecular weight excluding hydrogens is 344 g/mol. The van der Waals surface area contributed by atoms with Gasteiger partial charge in [0.15, 0.2) is 0 Å². The van der Waals surface area contributed by atoms with Crippen LogP contribution in [-0.2, 0) is 19.3 Å². The SMILES string of the molecule is O[C@@H]1CN(c2ncnc3sc4c(c23)CCCC4)C[C@H]1Cc1ccccn1. The molecule has 3 aromatic rings. The van der Waals surface area contributed by atoms with Crippen LogP contribution < -0.4 is 4.90 Å². The molecule has 0 unspecified atom stereocenters. The molecule has 1 saturated heterocycles. The highest BCUT2D eigenvalue weighted by molar-refractivity contribution is 7.19. The maximum Gasteiger partial charge on any atom is 0.141 e. The average Bonchev–Trinajstić information content (AvgIpc) is 3.23. The van der Waals surface area contributed by atoms with Gasteiger partial charge in [-0.15, -0.1) is 11.3 Å². The highest BCUT2D eigenvalue weighted by Gasteiger charge is 2.34. The molecule has 1 aliphatic heterocycles. The first kappa shape index (κ1) is 16.1. The minimum atomic E-state index is -0.350. The summed E-state index contributed by atoms with van der Waals surface area (Å²) in [4.78, 5) is 18.4. The third-order valence-corrected chi connectivity index (χ3v) is 6.83. The molecule has 26 heavy (non-hydrogen) atoms. The number of anilines is 1. The lowest BCUT2D eigenvalue weighted by atomic mass is 9.97. The lowest BCUT2D eigenvalue weighted by Crippen LogP contribution is -2.22. The van der Waals surface area contributed by atoms with Gasteiger partial charge in [0, 0.05) is 35.8 Å². The number of β-amino-alcohol motifs (C(OH)–C–C–N with tert-alkyl or cyclic N) is 1. The van der Waals surface area contributed by atoms with Gasteiger partial charge >= 0.3 is 0 Å². The molecule has 3 aromatic heterocycles. The number of aryl methyl sites for hydroxylation is 2.